The molecule has 2 aliphatic carbocycles. The van der Waals surface area contributed by atoms with Gasteiger partial charge < -0.3 is 14.2 Å². The van der Waals surface area contributed by atoms with E-state index in [0.29, 0.717) is 6.61 Å². The number of hydrogen-bond acceptors (Lipinski definition) is 4. The lowest BCUT2D eigenvalue weighted by atomic mass is 9.70. The van der Waals surface area contributed by atoms with Gasteiger partial charge in [0.25, 0.3) is 0 Å². The Morgan fingerprint density at radius 3 is 2.68 bits per heavy atom. The number of hydrogen-bond donors (Lipinski definition) is 0. The van der Waals surface area contributed by atoms with Crippen molar-refractivity contribution in [3.63, 3.8) is 0 Å². The van der Waals surface area contributed by atoms with E-state index in [2.05, 4.69) is 0 Å². The zero-order valence-electron chi connectivity index (χ0n) is 13.8. The largest absolute Gasteiger partial charge is 0.460 e. The Bertz CT molecular complexity index is 364. The summed E-state index contributed by atoms with van der Waals surface area (Å²) >= 11 is 0. The molecule has 4 heteroatoms. The summed E-state index contributed by atoms with van der Waals surface area (Å²) in [7, 11) is 0. The van der Waals surface area contributed by atoms with E-state index in [1.807, 2.05) is 0 Å². The molecular weight excluding hydrogens is 280 g/mol. The highest BCUT2D eigenvalue weighted by Crippen LogP contribution is 2.41. The molecule has 1 aliphatic heterocycles. The van der Waals surface area contributed by atoms with Crippen molar-refractivity contribution in [3.8, 4) is 0 Å². The summed E-state index contributed by atoms with van der Waals surface area (Å²) in [6, 6.07) is 0. The maximum absolute atomic E-state index is 12.2. The van der Waals surface area contributed by atoms with Gasteiger partial charge in [0.1, 0.15) is 6.10 Å². The highest BCUT2D eigenvalue weighted by Gasteiger charge is 2.34. The third kappa shape index (κ3) is 4.23. The van der Waals surface area contributed by atoms with Gasteiger partial charge in [0.15, 0.2) is 6.10 Å². The summed E-state index contributed by atoms with van der Waals surface area (Å²) in [6.07, 6.45) is 10.7. The van der Waals surface area contributed by atoms with Crippen LogP contribution < -0.4 is 0 Å². The van der Waals surface area contributed by atoms with E-state index < -0.39 is 6.10 Å². The molecule has 126 valence electrons. The average molecular weight is 310 g/mol. The molecule has 0 amide bonds. The second kappa shape index (κ2) is 7.78. The van der Waals surface area contributed by atoms with Crippen molar-refractivity contribution in [3.05, 3.63) is 0 Å². The smallest absolute Gasteiger partial charge is 0.335 e. The zero-order valence-corrected chi connectivity index (χ0v) is 13.8. The Kier molecular flexibility index (Phi) is 5.75. The molecule has 0 spiro atoms. The predicted octanol–water partition coefficient (Wildman–Crippen LogP) is 3.47. The van der Waals surface area contributed by atoms with Crippen molar-refractivity contribution in [2.45, 2.75) is 83.0 Å². The molecule has 4 nitrogen and oxygen atoms in total. The summed E-state index contributed by atoms with van der Waals surface area (Å²) in [5.74, 6) is 1.47. The minimum Gasteiger partial charge on any atom is -0.460 e. The molecule has 3 aliphatic rings. The Morgan fingerprint density at radius 1 is 1.09 bits per heavy atom. The van der Waals surface area contributed by atoms with E-state index in [1.54, 1.807) is 6.92 Å². The van der Waals surface area contributed by atoms with E-state index in [-0.39, 0.29) is 18.2 Å². The van der Waals surface area contributed by atoms with Gasteiger partial charge in [0.2, 0.25) is 0 Å². The molecule has 0 radical (unpaired) electrons. The van der Waals surface area contributed by atoms with Crippen molar-refractivity contribution < 1.29 is 19.0 Å². The normalized spacial score (nSPS) is 36.6. The van der Waals surface area contributed by atoms with Gasteiger partial charge in [-0.05, 0) is 50.9 Å². The van der Waals surface area contributed by atoms with Crippen LogP contribution in [0.15, 0.2) is 0 Å². The molecule has 0 bridgehead atoms. The maximum Gasteiger partial charge on any atom is 0.335 e. The minimum atomic E-state index is -0.478. The molecule has 2 saturated carbocycles. The van der Waals surface area contributed by atoms with Crippen LogP contribution in [0.1, 0.15) is 64.7 Å². The van der Waals surface area contributed by atoms with Crippen molar-refractivity contribution in [1.29, 1.82) is 0 Å². The van der Waals surface area contributed by atoms with Gasteiger partial charge in [-0.2, -0.15) is 0 Å². The standard InChI is InChI=1S/C18H30O4/c1-13(21-12-17-7-4-10-20-17)18(19)22-16-9-8-14-5-2-3-6-15(14)11-16/h13-17H,2-12H2,1H3/t13-,14-,15+,16+,17-/m0/s1. The fourth-order valence-corrected chi connectivity index (χ4v) is 4.29. The lowest BCUT2D eigenvalue weighted by Crippen LogP contribution is -2.36. The lowest BCUT2D eigenvalue weighted by Gasteiger charge is -2.39. The van der Waals surface area contributed by atoms with Gasteiger partial charge >= 0.3 is 5.97 Å². The summed E-state index contributed by atoms with van der Waals surface area (Å²) in [4.78, 5) is 12.2. The zero-order chi connectivity index (χ0) is 15.4. The molecule has 1 saturated heterocycles. The van der Waals surface area contributed by atoms with Crippen LogP contribution >= 0.6 is 0 Å². The van der Waals surface area contributed by atoms with Crippen LogP contribution in [0.25, 0.3) is 0 Å². The molecular formula is C18H30O4. The molecule has 0 unspecified atom stereocenters. The maximum atomic E-state index is 12.2. The number of rotatable bonds is 5. The number of carbonyl (C=O) groups is 1. The first-order valence-corrected chi connectivity index (χ1v) is 9.16. The number of fused-ring (bicyclic) bond motifs is 1. The van der Waals surface area contributed by atoms with E-state index in [9.17, 15) is 4.79 Å². The minimum absolute atomic E-state index is 0.112. The molecule has 0 aromatic heterocycles. The Morgan fingerprint density at radius 2 is 1.91 bits per heavy atom. The lowest BCUT2D eigenvalue weighted by molar-refractivity contribution is -0.166. The molecule has 0 aromatic rings. The summed E-state index contributed by atoms with van der Waals surface area (Å²) in [6.45, 7) is 3.12. The first-order valence-electron chi connectivity index (χ1n) is 9.16. The summed E-state index contributed by atoms with van der Waals surface area (Å²) in [5, 5.41) is 0. The molecule has 0 N–H and O–H groups in total. The molecule has 3 rings (SSSR count). The van der Waals surface area contributed by atoms with Crippen molar-refractivity contribution in [2.24, 2.45) is 11.8 Å². The third-order valence-electron chi connectivity index (χ3n) is 5.66. The molecule has 5 atom stereocenters. The third-order valence-corrected chi connectivity index (χ3v) is 5.66. The van der Waals surface area contributed by atoms with Crippen molar-refractivity contribution >= 4 is 5.97 Å². The van der Waals surface area contributed by atoms with Gasteiger partial charge in [-0.1, -0.05) is 25.7 Å². The SMILES string of the molecule is C[C@H](OC[C@@H]1CCCO1)C(=O)O[C@@H]1CC[C@@H]2CCCC[C@@H]2C1. The van der Waals surface area contributed by atoms with Crippen LogP contribution in [0, 0.1) is 11.8 Å². The Hall–Kier alpha value is -0.610. The van der Waals surface area contributed by atoms with E-state index in [0.717, 1.165) is 44.1 Å². The number of ether oxygens (including phenoxy) is 3. The van der Waals surface area contributed by atoms with Crippen LogP contribution in [-0.2, 0) is 19.0 Å². The highest BCUT2D eigenvalue weighted by molar-refractivity contribution is 5.74. The number of carbonyl (C=O) groups excluding carboxylic acids is 1. The second-order valence-electron chi connectivity index (χ2n) is 7.29. The molecule has 22 heavy (non-hydrogen) atoms. The number of esters is 1. The highest BCUT2D eigenvalue weighted by atomic mass is 16.6. The quantitative estimate of drug-likeness (QED) is 0.729. The van der Waals surface area contributed by atoms with E-state index in [1.165, 1.54) is 32.1 Å². The van der Waals surface area contributed by atoms with Crippen molar-refractivity contribution in [1.82, 2.24) is 0 Å². The summed E-state index contributed by atoms with van der Waals surface area (Å²) < 4.78 is 16.9. The fraction of sp³-hybridized carbons (Fsp3) is 0.944. The van der Waals surface area contributed by atoms with Crippen LogP contribution in [0.5, 0.6) is 0 Å². The topological polar surface area (TPSA) is 44.8 Å². The van der Waals surface area contributed by atoms with E-state index >= 15 is 0 Å². The second-order valence-corrected chi connectivity index (χ2v) is 7.29. The van der Waals surface area contributed by atoms with Gasteiger partial charge in [0.05, 0.1) is 12.7 Å². The van der Waals surface area contributed by atoms with Crippen LogP contribution in [0.4, 0.5) is 0 Å². The molecule has 0 aromatic carbocycles. The van der Waals surface area contributed by atoms with Gasteiger partial charge in [-0.25, -0.2) is 4.79 Å². The average Bonchev–Trinajstić information content (AvgIpc) is 3.06. The Labute approximate surface area is 133 Å². The van der Waals surface area contributed by atoms with Crippen LogP contribution in [0.3, 0.4) is 0 Å². The first kappa shape index (κ1) is 16.3. The van der Waals surface area contributed by atoms with Crippen molar-refractivity contribution in [2.75, 3.05) is 13.2 Å². The molecule has 3 fully saturated rings. The van der Waals surface area contributed by atoms with Gasteiger partial charge in [0, 0.05) is 6.61 Å². The van der Waals surface area contributed by atoms with Gasteiger partial charge in [-0.3, -0.25) is 0 Å². The monoisotopic (exact) mass is 310 g/mol. The Balaban J connectivity index is 1.38. The van der Waals surface area contributed by atoms with Gasteiger partial charge in [-0.15, -0.1) is 0 Å². The first-order chi connectivity index (χ1) is 10.7. The van der Waals surface area contributed by atoms with Crippen LogP contribution in [-0.4, -0.2) is 37.5 Å². The fourth-order valence-electron chi connectivity index (χ4n) is 4.29. The predicted molar refractivity (Wildman–Crippen MR) is 83.6 cm³/mol. The summed E-state index contributed by atoms with van der Waals surface area (Å²) in [5.41, 5.74) is 0. The van der Waals surface area contributed by atoms with Crippen LogP contribution in [0.2, 0.25) is 0 Å². The van der Waals surface area contributed by atoms with E-state index in [4.69, 9.17) is 14.2 Å². The molecule has 1 heterocycles.